The zero-order valence-electron chi connectivity index (χ0n) is 13.4. The Hall–Kier alpha value is -2.56. The van der Waals surface area contributed by atoms with Crippen molar-refractivity contribution >= 4 is 17.5 Å². The largest absolute Gasteiger partial charge is 0.364 e. The number of carbonyl (C=O) groups is 2. The average Bonchev–Trinajstić information content (AvgIpc) is 2.56. The van der Waals surface area contributed by atoms with E-state index in [2.05, 4.69) is 17.6 Å². The molecule has 0 bridgehead atoms. The lowest BCUT2D eigenvalue weighted by atomic mass is 10.1. The molecule has 23 heavy (non-hydrogen) atoms. The van der Waals surface area contributed by atoms with E-state index in [0.717, 1.165) is 18.5 Å². The molecule has 0 aliphatic carbocycles. The molecule has 1 heterocycles. The number of nitrogens with one attached hydrogen (secondary N) is 2. The molecule has 0 aromatic heterocycles. The predicted molar refractivity (Wildman–Crippen MR) is 91.8 cm³/mol. The summed E-state index contributed by atoms with van der Waals surface area (Å²) in [6.07, 6.45) is 7.44. The van der Waals surface area contributed by atoms with Crippen LogP contribution in [0.3, 0.4) is 0 Å². The van der Waals surface area contributed by atoms with Crippen molar-refractivity contribution in [2.45, 2.75) is 19.8 Å². The van der Waals surface area contributed by atoms with E-state index >= 15 is 0 Å². The molecule has 1 aliphatic heterocycles. The molecular weight excluding hydrogens is 290 g/mol. The number of anilines is 1. The van der Waals surface area contributed by atoms with E-state index in [0.29, 0.717) is 18.7 Å². The second kappa shape index (κ2) is 8.78. The number of rotatable bonds is 7. The third kappa shape index (κ3) is 5.62. The van der Waals surface area contributed by atoms with Gasteiger partial charge >= 0.3 is 0 Å². The highest BCUT2D eigenvalue weighted by Gasteiger charge is 2.16. The van der Waals surface area contributed by atoms with Crippen LogP contribution in [0.2, 0.25) is 0 Å². The summed E-state index contributed by atoms with van der Waals surface area (Å²) < 4.78 is 0. The Labute approximate surface area is 137 Å². The summed E-state index contributed by atoms with van der Waals surface area (Å²) >= 11 is 0. The van der Waals surface area contributed by atoms with E-state index < -0.39 is 0 Å². The van der Waals surface area contributed by atoms with Gasteiger partial charge in [0, 0.05) is 24.4 Å². The Morgan fingerprint density at radius 3 is 2.74 bits per heavy atom. The molecule has 0 unspecified atom stereocenters. The molecule has 1 aliphatic rings. The molecule has 1 aromatic carbocycles. The fourth-order valence-electron chi connectivity index (χ4n) is 2.26. The predicted octanol–water partition coefficient (Wildman–Crippen LogP) is 2.30. The van der Waals surface area contributed by atoms with Crippen LogP contribution < -0.4 is 10.6 Å². The number of allylic oxidation sites excluding steroid dienone is 2. The highest BCUT2D eigenvalue weighted by Crippen LogP contribution is 2.09. The SMILES string of the molecule is CCCCNC(=O)C1=CC=CN(CC(=O)Nc2ccccc2)C1. The number of carbonyl (C=O) groups excluding carboxylic acids is 2. The molecule has 0 radical (unpaired) electrons. The van der Waals surface area contributed by atoms with E-state index in [1.165, 1.54) is 0 Å². The second-order valence-corrected chi connectivity index (χ2v) is 5.46. The van der Waals surface area contributed by atoms with Crippen LogP contribution in [0.4, 0.5) is 5.69 Å². The number of hydrogen-bond acceptors (Lipinski definition) is 3. The molecule has 0 atom stereocenters. The smallest absolute Gasteiger partial charge is 0.249 e. The normalized spacial score (nSPS) is 13.4. The van der Waals surface area contributed by atoms with Gasteiger partial charge in [-0.05, 0) is 30.8 Å². The molecule has 2 N–H and O–H groups in total. The maximum absolute atomic E-state index is 12.1. The van der Waals surface area contributed by atoms with Gasteiger partial charge in [-0.15, -0.1) is 0 Å². The fraction of sp³-hybridized carbons (Fsp3) is 0.333. The molecule has 0 saturated heterocycles. The average molecular weight is 313 g/mol. The van der Waals surface area contributed by atoms with Gasteiger partial charge in [-0.25, -0.2) is 0 Å². The Morgan fingerprint density at radius 2 is 2.00 bits per heavy atom. The number of benzene rings is 1. The summed E-state index contributed by atoms with van der Waals surface area (Å²) in [6, 6.07) is 9.33. The number of para-hydroxylation sites is 1. The van der Waals surface area contributed by atoms with Crippen LogP contribution in [-0.2, 0) is 9.59 Å². The van der Waals surface area contributed by atoms with E-state index in [4.69, 9.17) is 0 Å². The number of amides is 2. The van der Waals surface area contributed by atoms with Crippen LogP contribution >= 0.6 is 0 Å². The van der Waals surface area contributed by atoms with Crippen molar-refractivity contribution in [2.24, 2.45) is 0 Å². The first-order chi connectivity index (χ1) is 11.2. The summed E-state index contributed by atoms with van der Waals surface area (Å²) in [6.45, 7) is 3.42. The van der Waals surface area contributed by atoms with Crippen molar-refractivity contribution < 1.29 is 9.59 Å². The van der Waals surface area contributed by atoms with E-state index in [1.54, 1.807) is 12.2 Å². The summed E-state index contributed by atoms with van der Waals surface area (Å²) in [7, 11) is 0. The van der Waals surface area contributed by atoms with Gasteiger partial charge in [0.2, 0.25) is 11.8 Å². The summed E-state index contributed by atoms with van der Waals surface area (Å²) in [5.41, 5.74) is 1.45. The number of hydrogen-bond donors (Lipinski definition) is 2. The lowest BCUT2D eigenvalue weighted by molar-refractivity contribution is -0.119. The quantitative estimate of drug-likeness (QED) is 0.759. The molecule has 0 spiro atoms. The van der Waals surface area contributed by atoms with Gasteiger partial charge in [-0.2, -0.15) is 0 Å². The van der Waals surface area contributed by atoms with Gasteiger partial charge in [0.1, 0.15) is 0 Å². The molecule has 2 amide bonds. The summed E-state index contributed by atoms with van der Waals surface area (Å²) in [5.74, 6) is -0.162. The third-order valence-electron chi connectivity index (χ3n) is 3.48. The molecule has 5 heteroatoms. The van der Waals surface area contributed by atoms with Crippen molar-refractivity contribution in [2.75, 3.05) is 25.0 Å². The van der Waals surface area contributed by atoms with Crippen LogP contribution in [0.15, 0.2) is 54.3 Å². The van der Waals surface area contributed by atoms with E-state index in [1.807, 2.05) is 41.4 Å². The summed E-state index contributed by atoms with van der Waals surface area (Å²) in [5, 5.41) is 5.74. The van der Waals surface area contributed by atoms with Gasteiger partial charge < -0.3 is 15.5 Å². The first kappa shape index (κ1) is 16.8. The van der Waals surface area contributed by atoms with E-state index in [-0.39, 0.29) is 18.4 Å². The molecule has 0 fully saturated rings. The fourth-order valence-corrected chi connectivity index (χ4v) is 2.26. The van der Waals surface area contributed by atoms with E-state index in [9.17, 15) is 9.59 Å². The monoisotopic (exact) mass is 313 g/mol. The highest BCUT2D eigenvalue weighted by atomic mass is 16.2. The minimum atomic E-state index is -0.103. The molecular formula is C18H23N3O2. The van der Waals surface area contributed by atoms with Gasteiger partial charge in [0.05, 0.1) is 6.54 Å². The van der Waals surface area contributed by atoms with Crippen molar-refractivity contribution in [3.8, 4) is 0 Å². The molecule has 0 saturated carbocycles. The molecule has 122 valence electrons. The Balaban J connectivity index is 1.81. The lowest BCUT2D eigenvalue weighted by Gasteiger charge is -2.23. The number of nitrogens with zero attached hydrogens (tertiary/aromatic N) is 1. The van der Waals surface area contributed by atoms with Gasteiger partial charge in [0.15, 0.2) is 0 Å². The Kier molecular flexibility index (Phi) is 6.41. The van der Waals surface area contributed by atoms with Crippen LogP contribution in [0.25, 0.3) is 0 Å². The topological polar surface area (TPSA) is 61.4 Å². The maximum Gasteiger partial charge on any atom is 0.249 e. The minimum Gasteiger partial charge on any atom is -0.364 e. The van der Waals surface area contributed by atoms with Crippen molar-refractivity contribution in [3.05, 3.63) is 54.3 Å². The lowest BCUT2D eigenvalue weighted by Crippen LogP contribution is -2.36. The maximum atomic E-state index is 12.1. The van der Waals surface area contributed by atoms with Gasteiger partial charge in [-0.3, -0.25) is 9.59 Å². The van der Waals surface area contributed by atoms with Crippen molar-refractivity contribution in [1.29, 1.82) is 0 Å². The molecule has 5 nitrogen and oxygen atoms in total. The van der Waals surface area contributed by atoms with Crippen LogP contribution in [0.1, 0.15) is 19.8 Å². The first-order valence-corrected chi connectivity index (χ1v) is 7.93. The standard InChI is InChI=1S/C18H23N3O2/c1-2-3-11-19-18(23)15-8-7-12-21(13-15)14-17(22)20-16-9-5-4-6-10-16/h4-10,12H,2-3,11,13-14H2,1H3,(H,19,23)(H,20,22). The molecule has 2 rings (SSSR count). The summed E-state index contributed by atoms with van der Waals surface area (Å²) in [4.78, 5) is 25.9. The van der Waals surface area contributed by atoms with Crippen LogP contribution in [-0.4, -0.2) is 36.3 Å². The number of unbranched alkanes of at least 4 members (excludes halogenated alkanes) is 1. The van der Waals surface area contributed by atoms with Crippen molar-refractivity contribution in [3.63, 3.8) is 0 Å². The van der Waals surface area contributed by atoms with Gasteiger partial charge in [-0.1, -0.05) is 37.6 Å². The van der Waals surface area contributed by atoms with Crippen LogP contribution in [0.5, 0.6) is 0 Å². The highest BCUT2D eigenvalue weighted by molar-refractivity contribution is 5.95. The third-order valence-corrected chi connectivity index (χ3v) is 3.48. The second-order valence-electron chi connectivity index (χ2n) is 5.46. The van der Waals surface area contributed by atoms with Crippen molar-refractivity contribution in [1.82, 2.24) is 10.2 Å². The van der Waals surface area contributed by atoms with Crippen LogP contribution in [0, 0.1) is 0 Å². The Morgan fingerprint density at radius 1 is 1.22 bits per heavy atom. The van der Waals surface area contributed by atoms with Gasteiger partial charge in [0.25, 0.3) is 0 Å². The zero-order chi connectivity index (χ0) is 16.5. The Bertz CT molecular complexity index is 594. The first-order valence-electron chi connectivity index (χ1n) is 7.93. The zero-order valence-corrected chi connectivity index (χ0v) is 13.4. The minimum absolute atomic E-state index is 0.0590. The molecule has 1 aromatic rings.